The van der Waals surface area contributed by atoms with Crippen LogP contribution in [0.15, 0.2) is 192 Å². The summed E-state index contributed by atoms with van der Waals surface area (Å²) in [6.45, 7) is 0. The molecule has 0 unspecified atom stereocenters. The van der Waals surface area contributed by atoms with Crippen LogP contribution in [-0.2, 0) is 0 Å². The number of anilines is 3. The maximum absolute atomic E-state index is 6.77. The molecule has 244 valence electrons. The summed E-state index contributed by atoms with van der Waals surface area (Å²) in [5.41, 5.74) is 9.88. The van der Waals surface area contributed by atoms with Crippen LogP contribution >= 0.6 is 0 Å². The normalized spacial score (nSPS) is 13.3. The Labute approximate surface area is 302 Å². The Kier molecular flexibility index (Phi) is 6.27. The average Bonchev–Trinajstić information content (AvgIpc) is 3.72. The lowest BCUT2D eigenvalue weighted by molar-refractivity contribution is 0.487. The van der Waals surface area contributed by atoms with E-state index in [1.54, 1.807) is 0 Å². The monoisotopic (exact) mass is 681 g/mol. The van der Waals surface area contributed by atoms with Gasteiger partial charge in [-0.25, -0.2) is 0 Å². The zero-order valence-electron chi connectivity index (χ0n) is 28.2. The molecule has 0 saturated heterocycles. The van der Waals surface area contributed by atoms with E-state index >= 15 is 0 Å². The standard InChI is InChI=1S/C48H31NO2Si/c1-3-13-32(14-4-1)33-23-26-37-38-27-24-35(30-44(38)51-43(37)29-33)49(34-15-5-2-6-16-34)36-25-28-42-48(31-36)52(47-22-12-9-19-41(47)50-42)45-20-10-7-17-39(45)40-18-8-11-21-46(40)52/h1-31H. The van der Waals surface area contributed by atoms with Crippen molar-refractivity contribution >= 4 is 67.8 Å². The zero-order chi connectivity index (χ0) is 34.2. The molecule has 9 aromatic rings. The van der Waals surface area contributed by atoms with E-state index in [0.29, 0.717) is 0 Å². The molecule has 52 heavy (non-hydrogen) atoms. The second-order valence-electron chi connectivity index (χ2n) is 13.7. The second kappa shape index (κ2) is 11.2. The first kappa shape index (κ1) is 29.1. The van der Waals surface area contributed by atoms with Crippen LogP contribution in [-0.4, -0.2) is 8.07 Å². The molecule has 0 N–H and O–H groups in total. The Bertz CT molecular complexity index is 2800. The molecule has 3 heterocycles. The highest BCUT2D eigenvalue weighted by atomic mass is 28.3. The third-order valence-corrected chi connectivity index (χ3v) is 15.8. The van der Waals surface area contributed by atoms with Crippen molar-refractivity contribution in [1.82, 2.24) is 0 Å². The molecule has 2 aliphatic heterocycles. The largest absolute Gasteiger partial charge is 0.458 e. The summed E-state index contributed by atoms with van der Waals surface area (Å²) in [5.74, 6) is 1.88. The van der Waals surface area contributed by atoms with Gasteiger partial charge in [-0.15, -0.1) is 0 Å². The lowest BCUT2D eigenvalue weighted by Gasteiger charge is -2.38. The smallest absolute Gasteiger partial charge is 0.189 e. The van der Waals surface area contributed by atoms with Crippen LogP contribution in [0.3, 0.4) is 0 Å². The SMILES string of the molecule is c1ccc(-c2ccc3c(c2)oc2cc(N(c4ccccc4)c4ccc5c(c4)[Si]4(c6ccccc6O5)c5ccccc5-c5ccccc54)ccc23)cc1. The van der Waals surface area contributed by atoms with Crippen molar-refractivity contribution in [1.29, 1.82) is 0 Å². The molecule has 3 nitrogen and oxygen atoms in total. The third kappa shape index (κ3) is 4.13. The van der Waals surface area contributed by atoms with Gasteiger partial charge in [0.1, 0.15) is 22.7 Å². The molecule has 1 aromatic heterocycles. The molecule has 2 aliphatic rings. The Morgan fingerprint density at radius 2 is 0.923 bits per heavy atom. The molecule has 8 aromatic carbocycles. The van der Waals surface area contributed by atoms with Crippen molar-refractivity contribution < 1.29 is 9.15 Å². The van der Waals surface area contributed by atoms with Crippen molar-refractivity contribution in [3.8, 4) is 33.8 Å². The number of ether oxygens (including phenoxy) is 1. The number of nitrogens with zero attached hydrogens (tertiary/aromatic N) is 1. The van der Waals surface area contributed by atoms with Gasteiger partial charge in [0.25, 0.3) is 0 Å². The molecule has 1 spiro atoms. The number of benzene rings is 8. The van der Waals surface area contributed by atoms with E-state index in [4.69, 9.17) is 9.15 Å². The van der Waals surface area contributed by atoms with E-state index in [9.17, 15) is 0 Å². The first-order chi connectivity index (χ1) is 25.8. The molecule has 0 radical (unpaired) electrons. The number of hydrogen-bond donors (Lipinski definition) is 0. The zero-order valence-corrected chi connectivity index (χ0v) is 29.2. The van der Waals surface area contributed by atoms with Crippen LogP contribution in [0, 0.1) is 0 Å². The first-order valence-corrected chi connectivity index (χ1v) is 19.8. The van der Waals surface area contributed by atoms with Crippen LogP contribution in [0.5, 0.6) is 11.5 Å². The van der Waals surface area contributed by atoms with E-state index < -0.39 is 8.07 Å². The van der Waals surface area contributed by atoms with E-state index in [1.807, 2.05) is 6.07 Å². The van der Waals surface area contributed by atoms with Crippen molar-refractivity contribution in [2.45, 2.75) is 0 Å². The van der Waals surface area contributed by atoms with Crippen LogP contribution in [0.2, 0.25) is 0 Å². The topological polar surface area (TPSA) is 25.6 Å². The minimum Gasteiger partial charge on any atom is -0.458 e. The minimum absolute atomic E-state index is 0.860. The number of furan rings is 1. The van der Waals surface area contributed by atoms with Gasteiger partial charge in [-0.2, -0.15) is 0 Å². The van der Waals surface area contributed by atoms with E-state index in [1.165, 1.54) is 37.4 Å². The van der Waals surface area contributed by atoms with Gasteiger partial charge in [-0.3, -0.25) is 0 Å². The first-order valence-electron chi connectivity index (χ1n) is 17.8. The summed E-state index contributed by atoms with van der Waals surface area (Å²) in [6.07, 6.45) is 0. The number of hydrogen-bond acceptors (Lipinski definition) is 3. The predicted octanol–water partition coefficient (Wildman–Crippen LogP) is 10.2. The minimum atomic E-state index is -2.75. The lowest BCUT2D eigenvalue weighted by Crippen LogP contribution is -2.74. The van der Waals surface area contributed by atoms with Crippen LogP contribution in [0.4, 0.5) is 17.1 Å². The van der Waals surface area contributed by atoms with Gasteiger partial charge in [0.15, 0.2) is 8.07 Å². The van der Waals surface area contributed by atoms with Crippen molar-refractivity contribution in [2.24, 2.45) is 0 Å². The van der Waals surface area contributed by atoms with Gasteiger partial charge >= 0.3 is 0 Å². The third-order valence-electron chi connectivity index (χ3n) is 10.9. The van der Waals surface area contributed by atoms with E-state index in [0.717, 1.165) is 56.1 Å². The Morgan fingerprint density at radius 3 is 1.67 bits per heavy atom. The Morgan fingerprint density at radius 1 is 0.365 bits per heavy atom. The molecule has 0 amide bonds. The molecular formula is C48H31NO2Si. The Balaban J connectivity index is 1.12. The van der Waals surface area contributed by atoms with Crippen LogP contribution in [0.25, 0.3) is 44.2 Å². The van der Waals surface area contributed by atoms with Crippen molar-refractivity contribution in [3.63, 3.8) is 0 Å². The highest BCUT2D eigenvalue weighted by Gasteiger charge is 2.53. The predicted molar refractivity (Wildman–Crippen MR) is 217 cm³/mol. The van der Waals surface area contributed by atoms with Gasteiger partial charge < -0.3 is 14.1 Å². The highest BCUT2D eigenvalue weighted by Crippen LogP contribution is 2.42. The molecular weight excluding hydrogens is 651 g/mol. The maximum atomic E-state index is 6.77. The molecule has 0 atom stereocenters. The van der Waals surface area contributed by atoms with Gasteiger partial charge in [0.05, 0.1) is 0 Å². The molecule has 0 bridgehead atoms. The molecule has 4 heteroatoms. The van der Waals surface area contributed by atoms with Crippen molar-refractivity contribution in [2.75, 3.05) is 4.90 Å². The highest BCUT2D eigenvalue weighted by molar-refractivity contribution is 7.23. The number of para-hydroxylation sites is 2. The number of fused-ring (bicyclic) bond motifs is 12. The summed E-state index contributed by atoms with van der Waals surface area (Å²) in [6, 6.07) is 67.7. The van der Waals surface area contributed by atoms with Crippen LogP contribution in [0.1, 0.15) is 0 Å². The summed E-state index contributed by atoms with van der Waals surface area (Å²) < 4.78 is 13.4. The summed E-state index contributed by atoms with van der Waals surface area (Å²) in [5, 5.41) is 7.60. The fraction of sp³-hybridized carbons (Fsp3) is 0. The summed E-state index contributed by atoms with van der Waals surface area (Å²) >= 11 is 0. The van der Waals surface area contributed by atoms with Gasteiger partial charge in [0, 0.05) is 33.9 Å². The molecule has 0 fully saturated rings. The van der Waals surface area contributed by atoms with E-state index in [2.05, 4.69) is 187 Å². The van der Waals surface area contributed by atoms with Crippen LogP contribution < -0.4 is 30.4 Å². The average molecular weight is 682 g/mol. The molecule has 0 saturated carbocycles. The quantitative estimate of drug-likeness (QED) is 0.173. The van der Waals surface area contributed by atoms with E-state index in [-0.39, 0.29) is 0 Å². The van der Waals surface area contributed by atoms with Gasteiger partial charge in [0.2, 0.25) is 0 Å². The summed E-state index contributed by atoms with van der Waals surface area (Å²) in [7, 11) is -2.75. The summed E-state index contributed by atoms with van der Waals surface area (Å²) in [4.78, 5) is 2.34. The fourth-order valence-electron chi connectivity index (χ4n) is 8.72. The van der Waals surface area contributed by atoms with Crippen molar-refractivity contribution in [3.05, 3.63) is 188 Å². The second-order valence-corrected chi connectivity index (χ2v) is 17.3. The number of rotatable bonds is 4. The Hall–Kier alpha value is -6.62. The maximum Gasteiger partial charge on any atom is 0.189 e. The lowest BCUT2D eigenvalue weighted by atomic mass is 10.0. The fourth-order valence-corrected chi connectivity index (χ4v) is 14.1. The van der Waals surface area contributed by atoms with Gasteiger partial charge in [-0.1, -0.05) is 121 Å². The molecule has 11 rings (SSSR count). The molecule has 0 aliphatic carbocycles. The van der Waals surface area contributed by atoms with Gasteiger partial charge in [-0.05, 0) is 104 Å².